The maximum Gasteiger partial charge on any atom is 0.254 e. The summed E-state index contributed by atoms with van der Waals surface area (Å²) < 4.78 is 65.2. The Hall–Kier alpha value is -2.56. The van der Waals surface area contributed by atoms with E-state index < -0.39 is 26.6 Å². The second-order valence-corrected chi connectivity index (χ2v) is 8.90. The molecule has 0 unspecified atom stereocenters. The predicted molar refractivity (Wildman–Crippen MR) is 103 cm³/mol. The van der Waals surface area contributed by atoms with Crippen molar-refractivity contribution in [3.05, 3.63) is 59.2 Å². The second kappa shape index (κ2) is 8.29. The molecule has 0 N–H and O–H groups in total. The molecule has 4 rings (SSSR count). The maximum absolute atomic E-state index is 14.1. The van der Waals surface area contributed by atoms with Crippen LogP contribution in [0.25, 0.3) is 0 Å². The number of hydrogen-bond donors (Lipinski definition) is 0. The van der Waals surface area contributed by atoms with E-state index in [2.05, 4.69) is 0 Å². The first-order chi connectivity index (χ1) is 14.4. The van der Waals surface area contributed by atoms with Crippen molar-refractivity contribution >= 4 is 15.9 Å². The molecule has 10 heteroatoms. The molecule has 2 heterocycles. The zero-order valence-corrected chi connectivity index (χ0v) is 16.8. The molecule has 160 valence electrons. The van der Waals surface area contributed by atoms with Crippen LogP contribution in [0.1, 0.15) is 15.9 Å². The second-order valence-electron chi connectivity index (χ2n) is 6.99. The van der Waals surface area contributed by atoms with E-state index in [1.54, 1.807) is 23.1 Å². The molecular formula is C20H20F2N2O5S. The van der Waals surface area contributed by atoms with Crippen molar-refractivity contribution in [3.63, 3.8) is 0 Å². The Bertz CT molecular complexity index is 1070. The SMILES string of the molecule is O=C(c1ccc2c(c1)CN(S(=O)(=O)c1ccc(F)cc1F)CCO2)N1CCOCC1. The average molecular weight is 438 g/mol. The Morgan fingerprint density at radius 3 is 2.47 bits per heavy atom. The standard InChI is InChI=1S/C20H20F2N2O5S/c21-16-2-4-19(17(22)12-16)30(26,27)24-7-10-29-18-3-1-14(11-15(18)13-24)20(25)23-5-8-28-9-6-23/h1-4,11-12H,5-10,13H2. The Morgan fingerprint density at radius 1 is 0.967 bits per heavy atom. The van der Waals surface area contributed by atoms with Crippen LogP contribution >= 0.6 is 0 Å². The number of ether oxygens (including phenoxy) is 2. The maximum atomic E-state index is 14.1. The first kappa shape index (κ1) is 20.7. The summed E-state index contributed by atoms with van der Waals surface area (Å²) in [5.74, 6) is -1.73. The zero-order valence-electron chi connectivity index (χ0n) is 16.0. The monoisotopic (exact) mass is 438 g/mol. The highest BCUT2D eigenvalue weighted by molar-refractivity contribution is 7.89. The van der Waals surface area contributed by atoms with Gasteiger partial charge in [-0.25, -0.2) is 17.2 Å². The molecule has 0 bridgehead atoms. The summed E-state index contributed by atoms with van der Waals surface area (Å²) in [6.07, 6.45) is 0. The molecule has 30 heavy (non-hydrogen) atoms. The number of hydrogen-bond acceptors (Lipinski definition) is 5. The van der Waals surface area contributed by atoms with Crippen molar-refractivity contribution in [2.75, 3.05) is 39.5 Å². The van der Waals surface area contributed by atoms with E-state index >= 15 is 0 Å². The lowest BCUT2D eigenvalue weighted by atomic mass is 10.1. The number of benzene rings is 2. The molecule has 2 aromatic rings. The highest BCUT2D eigenvalue weighted by atomic mass is 32.2. The van der Waals surface area contributed by atoms with Crippen LogP contribution in [-0.4, -0.2) is 63.0 Å². The smallest absolute Gasteiger partial charge is 0.254 e. The molecule has 0 aromatic heterocycles. The Morgan fingerprint density at radius 2 is 1.73 bits per heavy atom. The minimum atomic E-state index is -4.23. The quantitative estimate of drug-likeness (QED) is 0.733. The summed E-state index contributed by atoms with van der Waals surface area (Å²) in [6, 6.07) is 7.22. The number of halogens is 2. The number of sulfonamides is 1. The molecule has 1 amide bonds. The van der Waals surface area contributed by atoms with E-state index in [4.69, 9.17) is 9.47 Å². The summed E-state index contributed by atoms with van der Waals surface area (Å²) in [4.78, 5) is 13.8. The number of carbonyl (C=O) groups is 1. The van der Waals surface area contributed by atoms with Crippen LogP contribution in [0.2, 0.25) is 0 Å². The fourth-order valence-corrected chi connectivity index (χ4v) is 4.93. The van der Waals surface area contributed by atoms with Crippen molar-refractivity contribution in [2.24, 2.45) is 0 Å². The number of amides is 1. The van der Waals surface area contributed by atoms with Crippen molar-refractivity contribution in [3.8, 4) is 5.75 Å². The topological polar surface area (TPSA) is 76.2 Å². The lowest BCUT2D eigenvalue weighted by molar-refractivity contribution is 0.0303. The molecule has 0 aliphatic carbocycles. The highest BCUT2D eigenvalue weighted by Crippen LogP contribution is 2.29. The number of morpholine rings is 1. The average Bonchev–Trinajstić information content (AvgIpc) is 2.96. The molecule has 7 nitrogen and oxygen atoms in total. The van der Waals surface area contributed by atoms with E-state index in [0.29, 0.717) is 49.2 Å². The van der Waals surface area contributed by atoms with Crippen LogP contribution in [-0.2, 0) is 21.3 Å². The zero-order chi connectivity index (χ0) is 21.3. The normalized spacial score (nSPS) is 17.7. The molecule has 2 aromatic carbocycles. The van der Waals surface area contributed by atoms with Gasteiger partial charge in [-0.3, -0.25) is 4.79 Å². The molecular weight excluding hydrogens is 418 g/mol. The van der Waals surface area contributed by atoms with Crippen LogP contribution in [0, 0.1) is 11.6 Å². The van der Waals surface area contributed by atoms with Crippen LogP contribution < -0.4 is 4.74 Å². The van der Waals surface area contributed by atoms with Crippen molar-refractivity contribution in [1.29, 1.82) is 0 Å². The van der Waals surface area contributed by atoms with Crippen molar-refractivity contribution in [1.82, 2.24) is 9.21 Å². The number of rotatable bonds is 3. The highest BCUT2D eigenvalue weighted by Gasteiger charge is 2.31. The van der Waals surface area contributed by atoms with Gasteiger partial charge in [0.15, 0.2) is 0 Å². The van der Waals surface area contributed by atoms with E-state index in [1.165, 1.54) is 0 Å². The molecule has 0 atom stereocenters. The van der Waals surface area contributed by atoms with Crippen LogP contribution in [0.5, 0.6) is 5.75 Å². The Labute approximate surface area is 172 Å². The van der Waals surface area contributed by atoms with Gasteiger partial charge in [0.05, 0.1) is 13.2 Å². The fourth-order valence-electron chi connectivity index (χ4n) is 3.48. The molecule has 0 spiro atoms. The first-order valence-electron chi connectivity index (χ1n) is 9.44. The first-order valence-corrected chi connectivity index (χ1v) is 10.9. The van der Waals surface area contributed by atoms with E-state index in [0.717, 1.165) is 16.4 Å². The Balaban J connectivity index is 1.63. The van der Waals surface area contributed by atoms with E-state index in [9.17, 15) is 22.0 Å². The van der Waals surface area contributed by atoms with Gasteiger partial charge in [-0.2, -0.15) is 4.31 Å². The number of carbonyl (C=O) groups excluding carboxylic acids is 1. The van der Waals surface area contributed by atoms with Crippen molar-refractivity contribution < 1.29 is 31.5 Å². The summed E-state index contributed by atoms with van der Waals surface area (Å²) in [6.45, 7) is 1.85. The van der Waals surface area contributed by atoms with E-state index in [-0.39, 0.29) is 25.6 Å². The van der Waals surface area contributed by atoms with Gasteiger partial charge in [-0.15, -0.1) is 0 Å². The van der Waals surface area contributed by atoms with Crippen molar-refractivity contribution in [2.45, 2.75) is 11.4 Å². The minimum absolute atomic E-state index is 0.0133. The van der Waals surface area contributed by atoms with Gasteiger partial charge < -0.3 is 14.4 Å². The van der Waals surface area contributed by atoms with Gasteiger partial charge in [0.25, 0.3) is 5.91 Å². The van der Waals surface area contributed by atoms with E-state index in [1.807, 2.05) is 0 Å². The molecule has 2 aliphatic rings. The Kier molecular flexibility index (Phi) is 5.72. The van der Waals surface area contributed by atoms with Gasteiger partial charge >= 0.3 is 0 Å². The van der Waals surface area contributed by atoms with Crippen LogP contribution in [0.4, 0.5) is 8.78 Å². The minimum Gasteiger partial charge on any atom is -0.492 e. The lowest BCUT2D eigenvalue weighted by Gasteiger charge is -2.27. The molecule has 1 fully saturated rings. The number of nitrogens with zero attached hydrogens (tertiary/aromatic N) is 2. The van der Waals surface area contributed by atoms with Gasteiger partial charge in [-0.1, -0.05) is 0 Å². The fraction of sp³-hybridized carbons (Fsp3) is 0.350. The van der Waals surface area contributed by atoms with Gasteiger partial charge in [0.2, 0.25) is 10.0 Å². The molecule has 0 saturated carbocycles. The third-order valence-corrected chi connectivity index (χ3v) is 6.94. The third-order valence-electron chi connectivity index (χ3n) is 5.06. The summed E-state index contributed by atoms with van der Waals surface area (Å²) in [5.41, 5.74) is 0.907. The molecule has 1 saturated heterocycles. The largest absolute Gasteiger partial charge is 0.492 e. The summed E-state index contributed by atoms with van der Waals surface area (Å²) in [7, 11) is -4.23. The van der Waals surface area contributed by atoms with Gasteiger partial charge in [0, 0.05) is 43.4 Å². The summed E-state index contributed by atoms with van der Waals surface area (Å²) >= 11 is 0. The van der Waals surface area contributed by atoms with Gasteiger partial charge in [-0.05, 0) is 30.3 Å². The number of fused-ring (bicyclic) bond motifs is 1. The lowest BCUT2D eigenvalue weighted by Crippen LogP contribution is -2.40. The third kappa shape index (κ3) is 4.03. The van der Waals surface area contributed by atoms with Gasteiger partial charge in [0.1, 0.15) is 28.9 Å². The summed E-state index contributed by atoms with van der Waals surface area (Å²) in [5, 5.41) is 0. The predicted octanol–water partition coefficient (Wildman–Crippen LogP) is 2.02. The molecule has 0 radical (unpaired) electrons. The van der Waals surface area contributed by atoms with Crippen LogP contribution in [0.15, 0.2) is 41.3 Å². The molecule has 2 aliphatic heterocycles. The van der Waals surface area contributed by atoms with Crippen LogP contribution in [0.3, 0.4) is 0 Å².